The smallest absolute Gasteiger partial charge is 0.130 e. The molecule has 0 amide bonds. The van der Waals surface area contributed by atoms with E-state index in [1.165, 1.54) is 16.3 Å². The summed E-state index contributed by atoms with van der Waals surface area (Å²) in [7, 11) is 3.92. The maximum Gasteiger partial charge on any atom is 0.130 e. The lowest BCUT2D eigenvalue weighted by Gasteiger charge is -2.14. The first-order valence-electron chi connectivity index (χ1n) is 7.03. The van der Waals surface area contributed by atoms with Gasteiger partial charge in [-0.05, 0) is 23.9 Å². The maximum absolute atomic E-state index is 6.02. The largest absolute Gasteiger partial charge is 0.487 e. The highest BCUT2D eigenvalue weighted by Gasteiger charge is 2.09. The third-order valence-electron chi connectivity index (χ3n) is 3.64. The average Bonchev–Trinajstić information content (AvgIpc) is 2.92. The molecule has 0 atom stereocenters. The Hall–Kier alpha value is -2.33. The minimum Gasteiger partial charge on any atom is -0.487 e. The van der Waals surface area contributed by atoms with Gasteiger partial charge in [-0.2, -0.15) is 0 Å². The molecule has 3 rings (SSSR count). The minimum absolute atomic E-state index is 0.519. The third-order valence-corrected chi connectivity index (χ3v) is 3.64. The van der Waals surface area contributed by atoms with E-state index in [1.807, 2.05) is 30.9 Å². The lowest BCUT2D eigenvalue weighted by atomic mass is 10.0. The van der Waals surface area contributed by atoms with Crippen LogP contribution < -0.4 is 10.1 Å². The molecule has 21 heavy (non-hydrogen) atoms. The normalized spacial score (nSPS) is 11.0. The number of aryl methyl sites for hydroxylation is 1. The Morgan fingerprint density at radius 3 is 2.81 bits per heavy atom. The maximum atomic E-state index is 6.02. The van der Waals surface area contributed by atoms with Gasteiger partial charge in [-0.25, -0.2) is 4.98 Å². The zero-order valence-electron chi connectivity index (χ0n) is 12.3. The van der Waals surface area contributed by atoms with Crippen molar-refractivity contribution in [2.75, 3.05) is 7.05 Å². The number of aromatic nitrogens is 2. The predicted octanol–water partition coefficient (Wildman–Crippen LogP) is 2.87. The number of fused-ring (bicyclic) bond motifs is 1. The van der Waals surface area contributed by atoms with Crippen LogP contribution in [0.5, 0.6) is 5.75 Å². The lowest BCUT2D eigenvalue weighted by Crippen LogP contribution is -2.09. The first-order valence-corrected chi connectivity index (χ1v) is 7.03. The van der Waals surface area contributed by atoms with Crippen molar-refractivity contribution in [1.82, 2.24) is 14.9 Å². The van der Waals surface area contributed by atoms with Crippen molar-refractivity contribution in [1.29, 1.82) is 0 Å². The van der Waals surface area contributed by atoms with Crippen molar-refractivity contribution >= 4 is 10.8 Å². The van der Waals surface area contributed by atoms with Crippen molar-refractivity contribution in [3.05, 3.63) is 60.2 Å². The van der Waals surface area contributed by atoms with Gasteiger partial charge in [0.05, 0.1) is 18.2 Å². The van der Waals surface area contributed by atoms with Gasteiger partial charge in [-0.1, -0.05) is 30.3 Å². The van der Waals surface area contributed by atoms with E-state index >= 15 is 0 Å². The Balaban J connectivity index is 1.93. The van der Waals surface area contributed by atoms with Crippen LogP contribution in [0.3, 0.4) is 0 Å². The van der Waals surface area contributed by atoms with E-state index in [1.54, 1.807) is 6.33 Å². The molecule has 1 aromatic heterocycles. The van der Waals surface area contributed by atoms with Gasteiger partial charge >= 0.3 is 0 Å². The van der Waals surface area contributed by atoms with Crippen LogP contribution >= 0.6 is 0 Å². The third kappa shape index (κ3) is 2.76. The second-order valence-corrected chi connectivity index (χ2v) is 5.08. The van der Waals surface area contributed by atoms with Crippen molar-refractivity contribution in [3.63, 3.8) is 0 Å². The molecule has 4 heteroatoms. The van der Waals surface area contributed by atoms with Crippen LogP contribution in [0.15, 0.2) is 48.9 Å². The van der Waals surface area contributed by atoms with E-state index in [0.29, 0.717) is 6.61 Å². The SMILES string of the molecule is CNCc1c(OCc2cncn2C)ccc2ccccc12. The Kier molecular flexibility index (Phi) is 3.88. The number of benzene rings is 2. The summed E-state index contributed by atoms with van der Waals surface area (Å²) in [5, 5.41) is 5.69. The molecule has 0 unspecified atom stereocenters. The highest BCUT2D eigenvalue weighted by Crippen LogP contribution is 2.28. The number of ether oxygens (including phenoxy) is 1. The zero-order valence-corrected chi connectivity index (χ0v) is 12.3. The zero-order chi connectivity index (χ0) is 14.7. The monoisotopic (exact) mass is 281 g/mol. The van der Waals surface area contributed by atoms with E-state index in [0.717, 1.165) is 18.0 Å². The molecule has 2 aromatic carbocycles. The molecular weight excluding hydrogens is 262 g/mol. The predicted molar refractivity (Wildman–Crippen MR) is 84.3 cm³/mol. The van der Waals surface area contributed by atoms with Crippen LogP contribution in [0.4, 0.5) is 0 Å². The van der Waals surface area contributed by atoms with Gasteiger partial charge in [0.2, 0.25) is 0 Å². The van der Waals surface area contributed by atoms with Crippen molar-refractivity contribution < 1.29 is 4.74 Å². The molecule has 0 spiro atoms. The molecular formula is C17H19N3O. The Bertz CT molecular complexity index is 749. The summed E-state index contributed by atoms with van der Waals surface area (Å²) in [6.07, 6.45) is 3.62. The van der Waals surface area contributed by atoms with Gasteiger partial charge in [0.25, 0.3) is 0 Å². The van der Waals surface area contributed by atoms with Gasteiger partial charge in [0.15, 0.2) is 0 Å². The van der Waals surface area contributed by atoms with Crippen LogP contribution in [0, 0.1) is 0 Å². The molecule has 0 fully saturated rings. The molecule has 0 aliphatic rings. The molecule has 0 aliphatic carbocycles. The topological polar surface area (TPSA) is 39.1 Å². The minimum atomic E-state index is 0.519. The fraction of sp³-hybridized carbons (Fsp3) is 0.235. The fourth-order valence-electron chi connectivity index (χ4n) is 2.49. The van der Waals surface area contributed by atoms with E-state index in [9.17, 15) is 0 Å². The highest BCUT2D eigenvalue weighted by molar-refractivity contribution is 5.87. The Morgan fingerprint density at radius 2 is 2.05 bits per heavy atom. The molecule has 0 aliphatic heterocycles. The standard InChI is InChI=1S/C17H19N3O/c1-18-10-16-15-6-4-3-5-13(15)7-8-17(16)21-11-14-9-19-12-20(14)2/h3-9,12,18H,10-11H2,1-2H3. The summed E-state index contributed by atoms with van der Waals surface area (Å²) >= 11 is 0. The second kappa shape index (κ2) is 5.97. The van der Waals surface area contributed by atoms with Gasteiger partial charge in [0.1, 0.15) is 12.4 Å². The molecule has 1 heterocycles. The summed E-state index contributed by atoms with van der Waals surface area (Å²) in [5.74, 6) is 0.921. The quantitative estimate of drug-likeness (QED) is 0.781. The van der Waals surface area contributed by atoms with Gasteiger partial charge in [-0.15, -0.1) is 0 Å². The summed E-state index contributed by atoms with van der Waals surface area (Å²) < 4.78 is 7.99. The molecule has 108 valence electrons. The first kappa shape index (κ1) is 13.6. The van der Waals surface area contributed by atoms with Gasteiger partial charge in [0, 0.05) is 19.2 Å². The number of hydrogen-bond acceptors (Lipinski definition) is 3. The van der Waals surface area contributed by atoms with Crippen LogP contribution in [0.2, 0.25) is 0 Å². The fourth-order valence-corrected chi connectivity index (χ4v) is 2.49. The molecule has 1 N–H and O–H groups in total. The summed E-state index contributed by atoms with van der Waals surface area (Å²) in [5.41, 5.74) is 2.25. The van der Waals surface area contributed by atoms with E-state index in [4.69, 9.17) is 4.74 Å². The molecule has 4 nitrogen and oxygen atoms in total. The summed E-state index contributed by atoms with van der Waals surface area (Å²) in [6.45, 7) is 1.30. The Morgan fingerprint density at radius 1 is 1.19 bits per heavy atom. The van der Waals surface area contributed by atoms with Crippen molar-refractivity contribution in [2.45, 2.75) is 13.2 Å². The second-order valence-electron chi connectivity index (χ2n) is 5.08. The number of hydrogen-bond donors (Lipinski definition) is 1. The van der Waals surface area contributed by atoms with Gasteiger partial charge < -0.3 is 14.6 Å². The van der Waals surface area contributed by atoms with E-state index in [2.05, 4.69) is 40.6 Å². The summed E-state index contributed by atoms with van der Waals surface area (Å²) in [4.78, 5) is 4.11. The first-order chi connectivity index (χ1) is 10.3. The molecule has 0 saturated heterocycles. The van der Waals surface area contributed by atoms with Crippen LogP contribution in [0.25, 0.3) is 10.8 Å². The number of nitrogens with one attached hydrogen (secondary N) is 1. The number of imidazole rings is 1. The molecule has 0 radical (unpaired) electrons. The van der Waals surface area contributed by atoms with Crippen LogP contribution in [0.1, 0.15) is 11.3 Å². The average molecular weight is 281 g/mol. The number of nitrogens with zero attached hydrogens (tertiary/aromatic N) is 2. The van der Waals surface area contributed by atoms with Crippen molar-refractivity contribution in [3.8, 4) is 5.75 Å². The number of rotatable bonds is 5. The van der Waals surface area contributed by atoms with Crippen LogP contribution in [-0.2, 0) is 20.2 Å². The van der Waals surface area contributed by atoms with E-state index in [-0.39, 0.29) is 0 Å². The molecule has 3 aromatic rings. The lowest BCUT2D eigenvalue weighted by molar-refractivity contribution is 0.294. The molecule has 0 bridgehead atoms. The van der Waals surface area contributed by atoms with Gasteiger partial charge in [-0.3, -0.25) is 0 Å². The van der Waals surface area contributed by atoms with Crippen LogP contribution in [-0.4, -0.2) is 16.6 Å². The Labute approximate surface area is 124 Å². The highest BCUT2D eigenvalue weighted by atomic mass is 16.5. The van der Waals surface area contributed by atoms with E-state index < -0.39 is 0 Å². The van der Waals surface area contributed by atoms with Crippen molar-refractivity contribution in [2.24, 2.45) is 7.05 Å². The summed E-state index contributed by atoms with van der Waals surface area (Å²) in [6, 6.07) is 12.5. The molecule has 0 saturated carbocycles.